The van der Waals surface area contributed by atoms with Crippen LogP contribution in [0.3, 0.4) is 0 Å². The molecular weight excluding hydrogens is 781 g/mol. The third kappa shape index (κ3) is 4.56. The zero-order chi connectivity index (χ0) is 42.9. The third-order valence-corrected chi connectivity index (χ3v) is 15.6. The summed E-state index contributed by atoms with van der Waals surface area (Å²) in [5.41, 5.74) is 16.8. The van der Waals surface area contributed by atoms with Gasteiger partial charge >= 0.3 is 0 Å². The van der Waals surface area contributed by atoms with E-state index in [1.165, 1.54) is 148 Å². The lowest BCUT2D eigenvalue weighted by molar-refractivity contribution is 0.591. The van der Waals surface area contributed by atoms with E-state index in [9.17, 15) is 0 Å². The van der Waals surface area contributed by atoms with Crippen LogP contribution in [0.1, 0.15) is 48.6 Å². The van der Waals surface area contributed by atoms with Gasteiger partial charge in [-0.1, -0.05) is 191 Å². The van der Waals surface area contributed by atoms with Gasteiger partial charge in [0.05, 0.1) is 5.41 Å². The number of benzene rings is 13. The molecule has 0 unspecified atom stereocenters. The van der Waals surface area contributed by atoms with E-state index in [0.717, 1.165) is 0 Å². The maximum absolute atomic E-state index is 2.55. The first-order valence-electron chi connectivity index (χ1n) is 23.1. The van der Waals surface area contributed by atoms with Crippen molar-refractivity contribution in [3.63, 3.8) is 0 Å². The van der Waals surface area contributed by atoms with Crippen molar-refractivity contribution in [2.75, 3.05) is 0 Å². The van der Waals surface area contributed by atoms with E-state index in [1.807, 2.05) is 0 Å². The summed E-state index contributed by atoms with van der Waals surface area (Å²) in [6, 6.07) is 77.4. The highest BCUT2D eigenvalue weighted by Crippen LogP contribution is 2.65. The van der Waals surface area contributed by atoms with Gasteiger partial charge in [0.25, 0.3) is 0 Å². The minimum atomic E-state index is -0.500. The highest BCUT2D eigenvalue weighted by molar-refractivity contribution is 6.25. The van der Waals surface area contributed by atoms with Crippen LogP contribution in [0.5, 0.6) is 0 Å². The summed E-state index contributed by atoms with van der Waals surface area (Å²) in [5.74, 6) is 0. The summed E-state index contributed by atoms with van der Waals surface area (Å²) in [4.78, 5) is 0. The largest absolute Gasteiger partial charge is 0.0731 e. The van der Waals surface area contributed by atoms with Crippen LogP contribution in [-0.4, -0.2) is 0 Å². The van der Waals surface area contributed by atoms with Crippen molar-refractivity contribution >= 4 is 75.4 Å². The Morgan fingerprint density at radius 1 is 0.292 bits per heavy atom. The minimum absolute atomic E-state index is 0.0859. The molecule has 0 saturated heterocycles. The van der Waals surface area contributed by atoms with Crippen molar-refractivity contribution in [3.8, 4) is 44.5 Å². The van der Waals surface area contributed by atoms with Gasteiger partial charge in [0.15, 0.2) is 0 Å². The van der Waals surface area contributed by atoms with Crippen LogP contribution in [0, 0.1) is 0 Å². The summed E-state index contributed by atoms with van der Waals surface area (Å²) in [7, 11) is 0. The molecule has 0 fully saturated rings. The predicted octanol–water partition coefficient (Wildman–Crippen LogP) is 17.6. The molecule has 0 atom stereocenters. The molecule has 1 spiro atoms. The summed E-state index contributed by atoms with van der Waals surface area (Å²) < 4.78 is 0. The zero-order valence-corrected chi connectivity index (χ0v) is 36.6. The van der Waals surface area contributed by atoms with Crippen LogP contribution >= 0.6 is 0 Å². The molecule has 0 nitrogen and oxygen atoms in total. The Morgan fingerprint density at radius 3 is 1.34 bits per heavy atom. The molecule has 65 heavy (non-hydrogen) atoms. The average Bonchev–Trinajstić information content (AvgIpc) is 3.81. The van der Waals surface area contributed by atoms with Crippen LogP contribution in [0.15, 0.2) is 200 Å². The normalized spacial score (nSPS) is 13.9. The van der Waals surface area contributed by atoms with Gasteiger partial charge in [-0.25, -0.2) is 0 Å². The number of rotatable bonds is 2. The van der Waals surface area contributed by atoms with E-state index < -0.39 is 5.41 Å². The molecule has 0 aliphatic heterocycles. The van der Waals surface area contributed by atoms with Crippen molar-refractivity contribution in [1.82, 2.24) is 0 Å². The fourth-order valence-electron chi connectivity index (χ4n) is 12.8. The van der Waals surface area contributed by atoms with Crippen LogP contribution in [-0.2, 0) is 10.8 Å². The molecule has 0 amide bonds. The molecular formula is C65H42. The zero-order valence-electron chi connectivity index (χ0n) is 36.6. The molecule has 13 aromatic carbocycles. The van der Waals surface area contributed by atoms with Gasteiger partial charge in [0, 0.05) is 0 Å². The van der Waals surface area contributed by atoms with Gasteiger partial charge in [0.1, 0.15) is 0 Å². The molecule has 15 rings (SSSR count). The Kier molecular flexibility index (Phi) is 6.72. The summed E-state index contributed by atoms with van der Waals surface area (Å²) in [5, 5.41) is 18.5. The second kappa shape index (κ2) is 12.3. The Morgan fingerprint density at radius 2 is 0.754 bits per heavy atom. The van der Waals surface area contributed by atoms with Gasteiger partial charge in [-0.3, -0.25) is 0 Å². The number of fused-ring (bicyclic) bond motifs is 12. The van der Waals surface area contributed by atoms with Crippen molar-refractivity contribution in [1.29, 1.82) is 0 Å². The quantitative estimate of drug-likeness (QED) is 0.152. The molecule has 2 aliphatic carbocycles. The maximum Gasteiger partial charge on any atom is 0.0731 e. The number of hydrogen-bond donors (Lipinski definition) is 0. The van der Waals surface area contributed by atoms with E-state index in [2.05, 4.69) is 221 Å². The van der Waals surface area contributed by atoms with Gasteiger partial charge in [0.2, 0.25) is 0 Å². The molecule has 0 N–H and O–H groups in total. The highest BCUT2D eigenvalue weighted by atomic mass is 14.5. The first-order valence-corrected chi connectivity index (χ1v) is 23.1. The van der Waals surface area contributed by atoms with E-state index in [1.54, 1.807) is 0 Å². The lowest BCUT2D eigenvalue weighted by Crippen LogP contribution is -2.26. The molecule has 13 aromatic rings. The van der Waals surface area contributed by atoms with Crippen molar-refractivity contribution in [2.24, 2.45) is 0 Å². The SMILES string of the molecule is CC(C)(C)c1cc2ccc3cc(-c4ccc5c(c4)C4(c6ccccc6-c6ccccc64)c4c-5ccc5c(-c6cc7ccc8cccc9ccc(c6)c7c89)cccc45)cc4ccc(c1)c2c34. The van der Waals surface area contributed by atoms with E-state index >= 15 is 0 Å². The standard InChI is InChI=1S/C65H42/c1-64(2,3)48-34-44-24-22-40-30-46(31-41-23-25-45(35-48)62(44)61(40)41)39-26-27-53-55-29-28-50-49(47-32-42-20-18-37-10-8-11-38-19-21-43(33-47)60(42)59(37)38)14-9-15-54(50)63(55)65(58(53)36-39)56-16-6-4-12-51(56)52-13-5-7-17-57(52)65/h4-36H,1-3H3. The van der Waals surface area contributed by atoms with Crippen LogP contribution < -0.4 is 0 Å². The Balaban J connectivity index is 0.971. The first-order chi connectivity index (χ1) is 31.8. The fraction of sp³-hybridized carbons (Fsp3) is 0.0769. The lowest BCUT2D eigenvalue weighted by Gasteiger charge is -2.32. The summed E-state index contributed by atoms with van der Waals surface area (Å²) in [6.45, 7) is 6.92. The summed E-state index contributed by atoms with van der Waals surface area (Å²) >= 11 is 0. The second-order valence-electron chi connectivity index (χ2n) is 20.0. The van der Waals surface area contributed by atoms with Gasteiger partial charge < -0.3 is 0 Å². The highest BCUT2D eigenvalue weighted by Gasteiger charge is 2.52. The van der Waals surface area contributed by atoms with Gasteiger partial charge in [-0.2, -0.15) is 0 Å². The number of hydrogen-bond acceptors (Lipinski definition) is 0. The third-order valence-electron chi connectivity index (χ3n) is 15.6. The smallest absolute Gasteiger partial charge is 0.0619 e. The monoisotopic (exact) mass is 822 g/mol. The molecule has 0 heteroatoms. The average molecular weight is 823 g/mol. The van der Waals surface area contributed by atoms with E-state index in [0.29, 0.717) is 0 Å². The van der Waals surface area contributed by atoms with Crippen LogP contribution in [0.4, 0.5) is 0 Å². The summed E-state index contributed by atoms with van der Waals surface area (Å²) in [6.07, 6.45) is 0. The minimum Gasteiger partial charge on any atom is -0.0619 e. The van der Waals surface area contributed by atoms with Crippen molar-refractivity contribution in [3.05, 3.63) is 228 Å². The first kappa shape index (κ1) is 35.6. The Bertz CT molecular complexity index is 4030. The molecule has 2 aliphatic rings. The Labute approximate surface area is 377 Å². The van der Waals surface area contributed by atoms with Gasteiger partial charge in [-0.15, -0.1) is 0 Å². The van der Waals surface area contributed by atoms with Crippen LogP contribution in [0.2, 0.25) is 0 Å². The van der Waals surface area contributed by atoms with Gasteiger partial charge in [-0.05, 0) is 183 Å². The van der Waals surface area contributed by atoms with E-state index in [-0.39, 0.29) is 5.41 Å². The lowest BCUT2D eigenvalue weighted by atomic mass is 9.69. The predicted molar refractivity (Wildman–Crippen MR) is 277 cm³/mol. The molecule has 0 heterocycles. The van der Waals surface area contributed by atoms with Crippen molar-refractivity contribution < 1.29 is 0 Å². The van der Waals surface area contributed by atoms with Crippen molar-refractivity contribution in [2.45, 2.75) is 31.6 Å². The second-order valence-corrected chi connectivity index (χ2v) is 20.0. The van der Waals surface area contributed by atoms with Crippen LogP contribution in [0.25, 0.3) is 120 Å². The molecule has 302 valence electrons. The maximum atomic E-state index is 2.55. The Hall–Kier alpha value is -7.80. The topological polar surface area (TPSA) is 0 Å². The molecule has 0 aromatic heterocycles. The molecule has 0 radical (unpaired) electrons. The fourth-order valence-corrected chi connectivity index (χ4v) is 12.8. The molecule has 0 saturated carbocycles. The van der Waals surface area contributed by atoms with E-state index in [4.69, 9.17) is 0 Å². The molecule has 0 bridgehead atoms.